The monoisotopic (exact) mass is 426 g/mol. The Balaban J connectivity index is 0.00000242. The van der Waals surface area contributed by atoms with Gasteiger partial charge in [0.15, 0.2) is 5.96 Å². The first kappa shape index (κ1) is 19.9. The lowest BCUT2D eigenvalue weighted by Gasteiger charge is -2.35. The number of rotatable bonds is 7. The first-order valence-electron chi connectivity index (χ1n) is 8.21. The van der Waals surface area contributed by atoms with E-state index in [1.807, 2.05) is 6.92 Å². The number of fused-ring (bicyclic) bond motifs is 1. The number of hydrogen-bond donors (Lipinski definition) is 2. The Morgan fingerprint density at radius 2 is 2.27 bits per heavy atom. The molecular formula is C15H31IN4O2. The van der Waals surface area contributed by atoms with Crippen LogP contribution in [-0.2, 0) is 9.47 Å². The average molecular weight is 426 g/mol. The van der Waals surface area contributed by atoms with Crippen LogP contribution in [0.15, 0.2) is 4.99 Å². The van der Waals surface area contributed by atoms with Crippen LogP contribution in [0.1, 0.15) is 26.2 Å². The van der Waals surface area contributed by atoms with E-state index < -0.39 is 0 Å². The maximum absolute atomic E-state index is 5.94. The van der Waals surface area contributed by atoms with Gasteiger partial charge < -0.3 is 20.1 Å². The summed E-state index contributed by atoms with van der Waals surface area (Å²) in [4.78, 5) is 6.80. The van der Waals surface area contributed by atoms with Crippen molar-refractivity contribution < 1.29 is 9.47 Å². The van der Waals surface area contributed by atoms with E-state index in [-0.39, 0.29) is 30.1 Å². The van der Waals surface area contributed by atoms with E-state index in [2.05, 4.69) is 20.5 Å². The minimum absolute atomic E-state index is 0. The van der Waals surface area contributed by atoms with Gasteiger partial charge in [0.1, 0.15) is 0 Å². The van der Waals surface area contributed by atoms with Crippen LogP contribution in [0.4, 0.5) is 0 Å². The molecule has 2 aliphatic heterocycles. The third-order valence-corrected chi connectivity index (χ3v) is 4.14. The summed E-state index contributed by atoms with van der Waals surface area (Å²) in [6.07, 6.45) is 3.87. The molecule has 22 heavy (non-hydrogen) atoms. The number of nitrogens with zero attached hydrogens (tertiary/aromatic N) is 2. The summed E-state index contributed by atoms with van der Waals surface area (Å²) in [6, 6.07) is 0.664. The Morgan fingerprint density at radius 1 is 1.41 bits per heavy atom. The van der Waals surface area contributed by atoms with E-state index >= 15 is 0 Å². The highest BCUT2D eigenvalue weighted by molar-refractivity contribution is 14.0. The van der Waals surface area contributed by atoms with Crippen LogP contribution in [0.3, 0.4) is 0 Å². The largest absolute Gasteiger partial charge is 0.382 e. The molecule has 0 saturated carbocycles. The summed E-state index contributed by atoms with van der Waals surface area (Å²) in [5.41, 5.74) is 0. The lowest BCUT2D eigenvalue weighted by Crippen LogP contribution is -2.51. The second-order valence-electron chi connectivity index (χ2n) is 5.68. The fraction of sp³-hybridized carbons (Fsp3) is 0.933. The van der Waals surface area contributed by atoms with Crippen LogP contribution in [0.2, 0.25) is 0 Å². The Hall–Kier alpha value is -0.120. The van der Waals surface area contributed by atoms with E-state index in [0.717, 1.165) is 51.8 Å². The number of hydrogen-bond acceptors (Lipinski definition) is 4. The van der Waals surface area contributed by atoms with E-state index in [1.165, 1.54) is 19.4 Å². The van der Waals surface area contributed by atoms with Gasteiger partial charge in [-0.05, 0) is 32.7 Å². The molecule has 0 aromatic heterocycles. The van der Waals surface area contributed by atoms with Crippen LogP contribution in [-0.4, -0.2) is 76.1 Å². The maximum atomic E-state index is 5.94. The fourth-order valence-electron chi connectivity index (χ4n) is 2.97. The van der Waals surface area contributed by atoms with Crippen molar-refractivity contribution in [1.29, 1.82) is 0 Å². The number of morpholine rings is 1. The Bertz CT molecular complexity index is 331. The quantitative estimate of drug-likeness (QED) is 0.276. The topological polar surface area (TPSA) is 58.1 Å². The molecule has 0 amide bonds. The molecule has 6 nitrogen and oxygen atoms in total. The first-order chi connectivity index (χ1) is 10.3. The van der Waals surface area contributed by atoms with Crippen LogP contribution in [0.5, 0.6) is 0 Å². The highest BCUT2D eigenvalue weighted by Crippen LogP contribution is 2.22. The predicted octanol–water partition coefficient (Wildman–Crippen LogP) is 1.06. The number of ether oxygens (including phenoxy) is 2. The summed E-state index contributed by atoms with van der Waals surface area (Å²) < 4.78 is 11.3. The van der Waals surface area contributed by atoms with Crippen LogP contribution >= 0.6 is 24.0 Å². The minimum atomic E-state index is 0. The first-order valence-corrected chi connectivity index (χ1v) is 8.21. The van der Waals surface area contributed by atoms with Crippen molar-refractivity contribution in [2.75, 3.05) is 53.0 Å². The zero-order valence-corrected chi connectivity index (χ0v) is 16.2. The fourth-order valence-corrected chi connectivity index (χ4v) is 2.97. The molecule has 2 fully saturated rings. The van der Waals surface area contributed by atoms with Gasteiger partial charge in [0.25, 0.3) is 0 Å². The molecule has 130 valence electrons. The summed E-state index contributed by atoms with van der Waals surface area (Å²) >= 11 is 0. The van der Waals surface area contributed by atoms with Gasteiger partial charge >= 0.3 is 0 Å². The molecule has 0 bridgehead atoms. The van der Waals surface area contributed by atoms with Gasteiger partial charge in [-0.1, -0.05) is 0 Å². The number of nitrogens with one attached hydrogen (secondary N) is 2. The van der Waals surface area contributed by atoms with Crippen molar-refractivity contribution >= 4 is 29.9 Å². The van der Waals surface area contributed by atoms with Crippen LogP contribution in [0, 0.1) is 0 Å². The average Bonchev–Trinajstić information content (AvgIpc) is 2.97. The molecule has 0 spiro atoms. The third-order valence-electron chi connectivity index (χ3n) is 4.14. The number of aliphatic imine (C=N–C) groups is 1. The minimum Gasteiger partial charge on any atom is -0.382 e. The molecule has 2 unspecified atom stereocenters. The maximum Gasteiger partial charge on any atom is 0.191 e. The van der Waals surface area contributed by atoms with Gasteiger partial charge in [0.05, 0.1) is 12.7 Å². The molecule has 2 rings (SSSR count). The zero-order valence-electron chi connectivity index (χ0n) is 13.8. The van der Waals surface area contributed by atoms with E-state index in [4.69, 9.17) is 9.47 Å². The van der Waals surface area contributed by atoms with Gasteiger partial charge in [-0.15, -0.1) is 24.0 Å². The molecule has 7 heteroatoms. The standard InChI is InChI=1S/C15H30N4O2.HI/c1-3-20-9-5-7-17-15(16-2)18-10-14-11-19-8-4-6-13(19)12-21-14;/h13-14H,3-12H2,1-2H3,(H2,16,17,18);1H. The molecule has 2 N–H and O–H groups in total. The molecule has 0 aliphatic carbocycles. The van der Waals surface area contributed by atoms with Crippen molar-refractivity contribution in [3.63, 3.8) is 0 Å². The van der Waals surface area contributed by atoms with Crippen molar-refractivity contribution in [3.05, 3.63) is 0 Å². The number of halogens is 1. The lowest BCUT2D eigenvalue weighted by molar-refractivity contribution is -0.0453. The molecule has 0 aromatic rings. The van der Waals surface area contributed by atoms with Gasteiger partial charge in [-0.3, -0.25) is 9.89 Å². The summed E-state index contributed by atoms with van der Waals surface area (Å²) in [7, 11) is 1.80. The summed E-state index contributed by atoms with van der Waals surface area (Å²) in [5.74, 6) is 0.846. The van der Waals surface area contributed by atoms with Crippen molar-refractivity contribution in [2.45, 2.75) is 38.3 Å². The second-order valence-corrected chi connectivity index (χ2v) is 5.68. The van der Waals surface area contributed by atoms with Crippen molar-refractivity contribution in [3.8, 4) is 0 Å². The van der Waals surface area contributed by atoms with E-state index in [9.17, 15) is 0 Å². The summed E-state index contributed by atoms with van der Waals surface area (Å²) in [5, 5.41) is 6.66. The lowest BCUT2D eigenvalue weighted by atomic mass is 10.2. The third kappa shape index (κ3) is 6.55. The highest BCUT2D eigenvalue weighted by Gasteiger charge is 2.31. The molecule has 0 aromatic carbocycles. The van der Waals surface area contributed by atoms with Crippen molar-refractivity contribution in [2.24, 2.45) is 4.99 Å². The Labute approximate surface area is 151 Å². The van der Waals surface area contributed by atoms with Gasteiger partial charge in [-0.2, -0.15) is 0 Å². The van der Waals surface area contributed by atoms with Gasteiger partial charge in [-0.25, -0.2) is 0 Å². The highest BCUT2D eigenvalue weighted by atomic mass is 127. The molecular weight excluding hydrogens is 395 g/mol. The summed E-state index contributed by atoms with van der Waals surface area (Å²) in [6.45, 7) is 8.43. The van der Waals surface area contributed by atoms with Gasteiger partial charge in [0.2, 0.25) is 0 Å². The Morgan fingerprint density at radius 3 is 3.05 bits per heavy atom. The second kappa shape index (κ2) is 11.4. The van der Waals surface area contributed by atoms with Crippen LogP contribution in [0.25, 0.3) is 0 Å². The molecule has 2 atom stereocenters. The molecule has 0 radical (unpaired) electrons. The molecule has 2 saturated heterocycles. The predicted molar refractivity (Wildman–Crippen MR) is 100 cm³/mol. The van der Waals surface area contributed by atoms with Crippen molar-refractivity contribution in [1.82, 2.24) is 15.5 Å². The zero-order chi connectivity index (χ0) is 14.9. The molecule has 2 heterocycles. The normalized spacial score (nSPS) is 25.5. The molecule has 2 aliphatic rings. The van der Waals surface area contributed by atoms with E-state index in [1.54, 1.807) is 7.05 Å². The van der Waals surface area contributed by atoms with E-state index in [0.29, 0.717) is 6.04 Å². The Kier molecular flexibility index (Phi) is 10.3. The van der Waals surface area contributed by atoms with Crippen LogP contribution < -0.4 is 10.6 Å². The van der Waals surface area contributed by atoms with Gasteiger partial charge in [0, 0.05) is 45.9 Å². The smallest absolute Gasteiger partial charge is 0.191 e. The number of guanidine groups is 1. The SMILES string of the molecule is CCOCCCNC(=NC)NCC1CN2CCCC2CO1.I.